The molecule has 0 saturated carbocycles. The van der Waals surface area contributed by atoms with Crippen LogP contribution in [0.25, 0.3) is 0 Å². The molecular formula is C12H27ClMg. The van der Waals surface area contributed by atoms with Crippen LogP contribution in [-0.4, -0.2) is 20.4 Å². The molecule has 14 heavy (non-hydrogen) atoms. The van der Waals surface area contributed by atoms with Gasteiger partial charge in [0.15, 0.2) is 0 Å². The van der Waals surface area contributed by atoms with E-state index in [0.717, 1.165) is 0 Å². The van der Waals surface area contributed by atoms with Crippen molar-refractivity contribution < 1.29 is 0 Å². The van der Waals surface area contributed by atoms with Crippen molar-refractivity contribution in [2.45, 2.75) is 74.3 Å². The quantitative estimate of drug-likeness (QED) is 0.362. The van der Waals surface area contributed by atoms with Crippen LogP contribution in [0, 0.1) is 0 Å². The summed E-state index contributed by atoms with van der Waals surface area (Å²) in [7, 11) is 0. The highest BCUT2D eigenvalue weighted by atomic mass is 35.5. The van der Waals surface area contributed by atoms with Crippen molar-refractivity contribution in [2.75, 3.05) is 0 Å². The van der Waals surface area contributed by atoms with E-state index < -0.39 is 0 Å². The molecule has 0 amide bonds. The Bertz CT molecular complexity index is 76.4. The molecule has 0 aliphatic heterocycles. The van der Waals surface area contributed by atoms with Crippen LogP contribution >= 0.6 is 12.4 Å². The third kappa shape index (κ3) is 15.5. The second-order valence-corrected chi connectivity index (χ2v) is 6.30. The molecule has 0 heterocycles. The van der Waals surface area contributed by atoms with Crippen LogP contribution in [0.5, 0.6) is 0 Å². The first-order chi connectivity index (χ1) is 6.41. The van der Waals surface area contributed by atoms with Crippen LogP contribution in [0.4, 0.5) is 0 Å². The molecule has 0 fully saturated rings. The maximum atomic E-state index is 2.30. The Morgan fingerprint density at radius 1 is 0.643 bits per heavy atom. The zero-order valence-corrected chi connectivity index (χ0v) is 12.4. The van der Waals surface area contributed by atoms with Crippen LogP contribution < -0.4 is 0 Å². The van der Waals surface area contributed by atoms with Crippen LogP contribution in [0.15, 0.2) is 0 Å². The Morgan fingerprint density at radius 3 is 1.79 bits per heavy atom. The van der Waals surface area contributed by atoms with E-state index in [1.807, 2.05) is 0 Å². The summed E-state index contributed by atoms with van der Waals surface area (Å²) >= 11 is 0.361. The fourth-order valence-electron chi connectivity index (χ4n) is 1.74. The zero-order chi connectivity index (χ0) is 9.78. The van der Waals surface area contributed by atoms with E-state index >= 15 is 0 Å². The minimum Gasteiger partial charge on any atom is -0.147 e. The predicted molar refractivity (Wildman–Crippen MR) is 70.9 cm³/mol. The van der Waals surface area contributed by atoms with E-state index in [0.29, 0.717) is 20.4 Å². The Hall–Kier alpha value is 1.06. The highest BCUT2D eigenvalue weighted by molar-refractivity contribution is 6.35. The van der Waals surface area contributed by atoms with Gasteiger partial charge in [0.25, 0.3) is 0 Å². The Kier molecular flexibility index (Phi) is 20.5. The Labute approximate surface area is 107 Å². The van der Waals surface area contributed by atoms with Gasteiger partial charge in [-0.1, -0.05) is 65.2 Å². The van der Waals surface area contributed by atoms with E-state index in [1.54, 1.807) is 15.5 Å². The minimum atomic E-state index is 0. The SMILES string of the molecule is CCCCCCC[CH2][Mg][CH2]CCC.Cl. The third-order valence-electron chi connectivity index (χ3n) is 2.71. The van der Waals surface area contributed by atoms with Crippen molar-refractivity contribution in [1.29, 1.82) is 0 Å². The summed E-state index contributed by atoms with van der Waals surface area (Å²) in [5.74, 6) is 0. The first kappa shape index (κ1) is 17.5. The van der Waals surface area contributed by atoms with Gasteiger partial charge in [0, 0.05) is 0 Å². The zero-order valence-electron chi connectivity index (χ0n) is 10.2. The smallest absolute Gasteiger partial charge is 0.147 e. The molecule has 0 aromatic carbocycles. The van der Waals surface area contributed by atoms with Crippen LogP contribution in [0.2, 0.25) is 9.10 Å². The van der Waals surface area contributed by atoms with Crippen LogP contribution in [0.1, 0.15) is 65.2 Å². The lowest BCUT2D eigenvalue weighted by molar-refractivity contribution is 0.623. The first-order valence-corrected chi connectivity index (χ1v) is 8.41. The number of halogens is 1. The molecule has 2 heteroatoms. The monoisotopic (exact) mass is 230 g/mol. The predicted octanol–water partition coefficient (Wildman–Crippen LogP) is 5.11. The minimum absolute atomic E-state index is 0. The second-order valence-electron chi connectivity index (χ2n) is 4.18. The van der Waals surface area contributed by atoms with Crippen molar-refractivity contribution >= 4 is 32.8 Å². The summed E-state index contributed by atoms with van der Waals surface area (Å²) in [6.07, 6.45) is 11.8. The Morgan fingerprint density at radius 2 is 1.14 bits per heavy atom. The van der Waals surface area contributed by atoms with Gasteiger partial charge in [-0.3, -0.25) is 0 Å². The van der Waals surface area contributed by atoms with E-state index in [4.69, 9.17) is 0 Å². The van der Waals surface area contributed by atoms with Gasteiger partial charge in [0.1, 0.15) is 0 Å². The maximum absolute atomic E-state index is 2.30. The molecule has 0 bridgehead atoms. The third-order valence-corrected chi connectivity index (χ3v) is 4.71. The highest BCUT2D eigenvalue weighted by Crippen LogP contribution is 2.08. The van der Waals surface area contributed by atoms with Gasteiger partial charge >= 0.3 is 20.4 Å². The van der Waals surface area contributed by atoms with Crippen molar-refractivity contribution in [3.63, 3.8) is 0 Å². The fraction of sp³-hybridized carbons (Fsp3) is 1.00. The summed E-state index contributed by atoms with van der Waals surface area (Å²) in [4.78, 5) is 0. The van der Waals surface area contributed by atoms with Gasteiger partial charge in [0.2, 0.25) is 0 Å². The maximum Gasteiger partial charge on any atom is 0.364 e. The molecule has 0 aromatic rings. The standard InChI is InChI=1S/C8H17.C4H9.ClH.Mg/c1-3-5-7-8-6-4-2;1-3-4-2;;/h1,3-8H2,2H3;1,3-4H2,2H3;1H;. The number of hydrogen-bond acceptors (Lipinski definition) is 0. The van der Waals surface area contributed by atoms with Gasteiger partial charge in [0.05, 0.1) is 0 Å². The van der Waals surface area contributed by atoms with Crippen LogP contribution in [0.3, 0.4) is 0 Å². The Balaban J connectivity index is 0. The summed E-state index contributed by atoms with van der Waals surface area (Å²) in [5, 5.41) is 0. The molecule has 0 saturated heterocycles. The molecule has 0 aromatic heterocycles. The molecule has 0 unspecified atom stereocenters. The van der Waals surface area contributed by atoms with Crippen molar-refractivity contribution in [2.24, 2.45) is 0 Å². The largest absolute Gasteiger partial charge is 0.364 e. The van der Waals surface area contributed by atoms with E-state index in [-0.39, 0.29) is 12.4 Å². The number of hydrogen-bond donors (Lipinski definition) is 0. The number of rotatable bonds is 10. The van der Waals surface area contributed by atoms with E-state index in [2.05, 4.69) is 13.8 Å². The fourth-order valence-corrected chi connectivity index (χ4v) is 3.65. The van der Waals surface area contributed by atoms with Crippen molar-refractivity contribution in [3.8, 4) is 0 Å². The van der Waals surface area contributed by atoms with Gasteiger partial charge in [-0.15, -0.1) is 21.5 Å². The molecule has 0 nitrogen and oxygen atoms in total. The lowest BCUT2D eigenvalue weighted by atomic mass is 10.1. The molecule has 84 valence electrons. The topological polar surface area (TPSA) is 0 Å². The van der Waals surface area contributed by atoms with Gasteiger partial charge < -0.3 is 0 Å². The van der Waals surface area contributed by atoms with Crippen molar-refractivity contribution in [1.82, 2.24) is 0 Å². The molecular weight excluding hydrogens is 204 g/mol. The number of unbranched alkanes of at least 4 members (excludes halogenated alkanes) is 6. The normalized spacial score (nSPS) is 9.29. The lowest BCUT2D eigenvalue weighted by Gasteiger charge is -1.99. The summed E-state index contributed by atoms with van der Waals surface area (Å²) in [6, 6.07) is 0. The van der Waals surface area contributed by atoms with E-state index in [9.17, 15) is 0 Å². The molecule has 0 N–H and O–H groups in total. The molecule has 0 radical (unpaired) electrons. The van der Waals surface area contributed by atoms with E-state index in [1.165, 1.54) is 44.9 Å². The van der Waals surface area contributed by atoms with Gasteiger partial charge in [-0.2, -0.15) is 0 Å². The first-order valence-electron chi connectivity index (χ1n) is 6.41. The summed E-state index contributed by atoms with van der Waals surface area (Å²) in [5.41, 5.74) is 0. The van der Waals surface area contributed by atoms with Crippen molar-refractivity contribution in [3.05, 3.63) is 0 Å². The average molecular weight is 231 g/mol. The highest BCUT2D eigenvalue weighted by Gasteiger charge is 1.95. The van der Waals surface area contributed by atoms with Gasteiger partial charge in [-0.05, 0) is 0 Å². The van der Waals surface area contributed by atoms with Gasteiger partial charge in [-0.25, -0.2) is 0 Å². The second kappa shape index (κ2) is 16.5. The summed E-state index contributed by atoms with van der Waals surface area (Å²) < 4.78 is 3.22. The van der Waals surface area contributed by atoms with Crippen LogP contribution in [-0.2, 0) is 0 Å². The lowest BCUT2D eigenvalue weighted by Crippen LogP contribution is -1.89. The molecule has 0 atom stereocenters. The molecule has 0 rings (SSSR count). The summed E-state index contributed by atoms with van der Waals surface area (Å²) in [6.45, 7) is 4.59. The molecule has 0 aliphatic rings. The molecule has 0 spiro atoms. The average Bonchev–Trinajstić information content (AvgIpc) is 2.16. The molecule has 0 aliphatic carbocycles.